The molecule has 0 saturated carbocycles. The third kappa shape index (κ3) is 3.51. The zero-order valence-electron chi connectivity index (χ0n) is 7.76. The molecule has 0 fully saturated rings. The summed E-state index contributed by atoms with van der Waals surface area (Å²) in [7, 11) is 0. The number of alkyl halides is 3. The predicted octanol–water partition coefficient (Wildman–Crippen LogP) is 0.756. The average molecular weight is 215 g/mol. The van der Waals surface area contributed by atoms with Gasteiger partial charge in [0.05, 0.1) is 6.61 Å². The van der Waals surface area contributed by atoms with E-state index in [1.807, 2.05) is 0 Å². The smallest absolute Gasteiger partial charge is 0.416 e. The zero-order chi connectivity index (χ0) is 11.6. The summed E-state index contributed by atoms with van der Waals surface area (Å²) in [5, 5.41) is 8.30. The molecule has 0 rings (SSSR count). The van der Waals surface area contributed by atoms with Gasteiger partial charge in [0.25, 0.3) is 0 Å². The van der Waals surface area contributed by atoms with Crippen molar-refractivity contribution in [3.8, 4) is 0 Å². The molecule has 14 heavy (non-hydrogen) atoms. The summed E-state index contributed by atoms with van der Waals surface area (Å²) in [6.07, 6.45) is -4.55. The van der Waals surface area contributed by atoms with E-state index in [0.717, 1.165) is 13.8 Å². The largest absolute Gasteiger partial charge is 0.480 e. The second-order valence-electron chi connectivity index (χ2n) is 3.26. The molecular formula is C7H12F3NO3. The summed E-state index contributed by atoms with van der Waals surface area (Å²) >= 11 is 0. The number of nitrogens with two attached hydrogens (primary N) is 1. The molecule has 3 N–H and O–H groups in total. The van der Waals surface area contributed by atoms with Gasteiger partial charge < -0.3 is 15.6 Å². The number of hydrogen-bond acceptors (Lipinski definition) is 3. The topological polar surface area (TPSA) is 72.5 Å². The lowest BCUT2D eigenvalue weighted by Gasteiger charge is -2.28. The molecule has 0 unspecified atom stereocenters. The molecule has 0 aromatic rings. The quantitative estimate of drug-likeness (QED) is 0.726. The summed E-state index contributed by atoms with van der Waals surface area (Å²) in [5.74, 6) is -1.40. The molecule has 1 atom stereocenters. The lowest BCUT2D eigenvalue weighted by Crippen LogP contribution is -2.46. The number of hydrogen-bond donors (Lipinski definition) is 2. The van der Waals surface area contributed by atoms with Crippen molar-refractivity contribution in [2.24, 2.45) is 5.73 Å². The first-order chi connectivity index (χ1) is 6.08. The molecule has 84 valence electrons. The van der Waals surface area contributed by atoms with Crippen LogP contribution in [0.1, 0.15) is 13.8 Å². The van der Waals surface area contributed by atoms with Crippen LogP contribution >= 0.6 is 0 Å². The maximum absolute atomic E-state index is 12.2. The molecule has 0 heterocycles. The Balaban J connectivity index is 4.20. The van der Waals surface area contributed by atoms with Crippen molar-refractivity contribution in [3.63, 3.8) is 0 Å². The second kappa shape index (κ2) is 4.14. The average Bonchev–Trinajstić information content (AvgIpc) is 1.97. The summed E-state index contributed by atoms with van der Waals surface area (Å²) in [6.45, 7) is 0.936. The first-order valence-electron chi connectivity index (χ1n) is 3.77. The fourth-order valence-corrected chi connectivity index (χ4v) is 0.451. The van der Waals surface area contributed by atoms with E-state index in [2.05, 4.69) is 4.74 Å². The standard InChI is InChI=1S/C7H12F3NO3/c1-6(2,7(8,9)10)14-3-4(11)5(12)13/h4H,3,11H2,1-2H3,(H,12,13)/t4-/m0/s1. The van der Waals surface area contributed by atoms with Gasteiger partial charge in [-0.15, -0.1) is 0 Å². The molecule has 0 bridgehead atoms. The van der Waals surface area contributed by atoms with Crippen LogP contribution in [0.25, 0.3) is 0 Å². The van der Waals surface area contributed by atoms with Gasteiger partial charge in [-0.3, -0.25) is 4.79 Å². The molecule has 0 spiro atoms. The van der Waals surface area contributed by atoms with Gasteiger partial charge in [0, 0.05) is 0 Å². The Morgan fingerprint density at radius 1 is 1.50 bits per heavy atom. The van der Waals surface area contributed by atoms with Crippen molar-refractivity contribution in [2.75, 3.05) is 6.61 Å². The number of ether oxygens (including phenoxy) is 1. The van der Waals surface area contributed by atoms with Crippen molar-refractivity contribution in [3.05, 3.63) is 0 Å². The van der Waals surface area contributed by atoms with E-state index in [1.54, 1.807) is 0 Å². The van der Waals surface area contributed by atoms with E-state index < -0.39 is 30.4 Å². The third-order valence-electron chi connectivity index (χ3n) is 1.62. The highest BCUT2D eigenvalue weighted by Crippen LogP contribution is 2.32. The molecule has 4 nitrogen and oxygen atoms in total. The summed E-state index contributed by atoms with van der Waals surface area (Å²) in [5.41, 5.74) is 2.59. The highest BCUT2D eigenvalue weighted by atomic mass is 19.4. The molecule has 0 aliphatic carbocycles. The van der Waals surface area contributed by atoms with Crippen LogP contribution in [0.4, 0.5) is 13.2 Å². The van der Waals surface area contributed by atoms with Crippen LogP contribution in [-0.2, 0) is 9.53 Å². The first-order valence-corrected chi connectivity index (χ1v) is 3.77. The van der Waals surface area contributed by atoms with Gasteiger partial charge >= 0.3 is 12.1 Å². The predicted molar refractivity (Wildman–Crippen MR) is 41.7 cm³/mol. The first kappa shape index (κ1) is 13.2. The van der Waals surface area contributed by atoms with Crippen molar-refractivity contribution in [1.29, 1.82) is 0 Å². The van der Waals surface area contributed by atoms with Crippen LogP contribution in [0.5, 0.6) is 0 Å². The van der Waals surface area contributed by atoms with E-state index in [4.69, 9.17) is 10.8 Å². The Morgan fingerprint density at radius 3 is 2.21 bits per heavy atom. The maximum atomic E-state index is 12.2. The number of carboxylic acid groups (broad SMARTS) is 1. The number of carboxylic acids is 1. The summed E-state index contributed by atoms with van der Waals surface area (Å²) < 4.78 is 40.9. The van der Waals surface area contributed by atoms with Gasteiger partial charge in [0.2, 0.25) is 0 Å². The SMILES string of the molecule is CC(C)(OC[C@H](N)C(=O)O)C(F)(F)F. The van der Waals surface area contributed by atoms with Crippen molar-refractivity contribution in [2.45, 2.75) is 31.7 Å². The van der Waals surface area contributed by atoms with Gasteiger partial charge in [-0.1, -0.05) is 0 Å². The Bertz CT molecular complexity index is 215. The lowest BCUT2D eigenvalue weighted by atomic mass is 10.1. The van der Waals surface area contributed by atoms with Gasteiger partial charge in [-0.05, 0) is 13.8 Å². The van der Waals surface area contributed by atoms with E-state index in [-0.39, 0.29) is 0 Å². The van der Waals surface area contributed by atoms with Crippen LogP contribution in [0, 0.1) is 0 Å². The summed E-state index contributed by atoms with van der Waals surface area (Å²) in [4.78, 5) is 10.2. The minimum absolute atomic E-state index is 0.679. The Labute approximate surface area is 78.8 Å². The number of halogens is 3. The van der Waals surface area contributed by atoms with Crippen LogP contribution in [0.15, 0.2) is 0 Å². The number of rotatable bonds is 4. The molecule has 0 aromatic heterocycles. The molecule has 0 aromatic carbocycles. The molecule has 0 radical (unpaired) electrons. The van der Waals surface area contributed by atoms with Crippen LogP contribution in [0.2, 0.25) is 0 Å². The molecule has 0 amide bonds. The maximum Gasteiger partial charge on any atom is 0.416 e. The highest BCUT2D eigenvalue weighted by Gasteiger charge is 2.48. The summed E-state index contributed by atoms with van der Waals surface area (Å²) in [6, 6.07) is -1.45. The van der Waals surface area contributed by atoms with Crippen LogP contribution in [-0.4, -0.2) is 35.5 Å². The highest BCUT2D eigenvalue weighted by molar-refractivity contribution is 5.73. The van der Waals surface area contributed by atoms with E-state index in [9.17, 15) is 18.0 Å². The van der Waals surface area contributed by atoms with Gasteiger partial charge in [0.1, 0.15) is 6.04 Å². The van der Waals surface area contributed by atoms with Gasteiger partial charge in [0.15, 0.2) is 5.60 Å². The van der Waals surface area contributed by atoms with Crippen LogP contribution < -0.4 is 5.73 Å². The fraction of sp³-hybridized carbons (Fsp3) is 0.857. The lowest BCUT2D eigenvalue weighted by molar-refractivity contribution is -0.264. The molecule has 0 aliphatic heterocycles. The minimum Gasteiger partial charge on any atom is -0.480 e. The Hall–Kier alpha value is -0.820. The van der Waals surface area contributed by atoms with Crippen molar-refractivity contribution >= 4 is 5.97 Å². The third-order valence-corrected chi connectivity index (χ3v) is 1.62. The Morgan fingerprint density at radius 2 is 1.93 bits per heavy atom. The normalized spacial score (nSPS) is 15.3. The molecule has 7 heteroatoms. The molecular weight excluding hydrogens is 203 g/mol. The number of carbonyl (C=O) groups is 1. The number of aliphatic carboxylic acids is 1. The van der Waals surface area contributed by atoms with Crippen molar-refractivity contribution < 1.29 is 27.8 Å². The molecule has 0 aliphatic rings. The molecule has 0 saturated heterocycles. The van der Waals surface area contributed by atoms with Crippen molar-refractivity contribution in [1.82, 2.24) is 0 Å². The van der Waals surface area contributed by atoms with E-state index >= 15 is 0 Å². The minimum atomic E-state index is -4.55. The van der Waals surface area contributed by atoms with Crippen LogP contribution in [0.3, 0.4) is 0 Å². The zero-order valence-corrected chi connectivity index (χ0v) is 7.76. The van der Waals surface area contributed by atoms with E-state index in [0.29, 0.717) is 0 Å². The Kier molecular flexibility index (Phi) is 3.90. The second-order valence-corrected chi connectivity index (χ2v) is 3.26. The van der Waals surface area contributed by atoms with Gasteiger partial charge in [-0.2, -0.15) is 13.2 Å². The van der Waals surface area contributed by atoms with Gasteiger partial charge in [-0.25, -0.2) is 0 Å². The fourth-order valence-electron chi connectivity index (χ4n) is 0.451. The monoisotopic (exact) mass is 215 g/mol. The van der Waals surface area contributed by atoms with E-state index in [1.165, 1.54) is 0 Å².